The molecule has 7 heteroatoms. The smallest absolute Gasteiger partial charge is 0.410 e. The van der Waals surface area contributed by atoms with Gasteiger partial charge < -0.3 is 9.64 Å². The van der Waals surface area contributed by atoms with Gasteiger partial charge in [-0.15, -0.1) is 0 Å². The molecule has 100 valence electrons. The standard InChI is InChI=1S/C10H20N2O4S/c1-4-9(2)16-10(13)11-5-7-12(8-6-11)17(3,14)15/h9H,4-8H2,1-3H3. The second-order valence-electron chi connectivity index (χ2n) is 4.25. The first-order valence-corrected chi connectivity index (χ1v) is 7.60. The van der Waals surface area contributed by atoms with Crippen molar-refractivity contribution in [1.29, 1.82) is 0 Å². The molecule has 0 aliphatic carbocycles. The van der Waals surface area contributed by atoms with Crippen molar-refractivity contribution in [2.24, 2.45) is 0 Å². The molecule has 1 heterocycles. The summed E-state index contributed by atoms with van der Waals surface area (Å²) in [7, 11) is -3.15. The summed E-state index contributed by atoms with van der Waals surface area (Å²) in [5.74, 6) is 0. The Hall–Kier alpha value is -0.820. The van der Waals surface area contributed by atoms with E-state index < -0.39 is 10.0 Å². The van der Waals surface area contributed by atoms with Crippen LogP contribution in [0.3, 0.4) is 0 Å². The van der Waals surface area contributed by atoms with E-state index in [-0.39, 0.29) is 12.2 Å². The quantitative estimate of drug-likeness (QED) is 0.744. The summed E-state index contributed by atoms with van der Waals surface area (Å²) in [6.07, 6.45) is 1.50. The number of hydrogen-bond donors (Lipinski definition) is 0. The Morgan fingerprint density at radius 2 is 1.82 bits per heavy atom. The zero-order chi connectivity index (χ0) is 13.1. The molecule has 0 aromatic rings. The summed E-state index contributed by atoms with van der Waals surface area (Å²) in [5.41, 5.74) is 0. The van der Waals surface area contributed by atoms with Crippen LogP contribution in [0.2, 0.25) is 0 Å². The first kappa shape index (κ1) is 14.2. The molecular weight excluding hydrogens is 244 g/mol. The van der Waals surface area contributed by atoms with Crippen molar-refractivity contribution in [3.8, 4) is 0 Å². The second kappa shape index (κ2) is 5.68. The molecular formula is C10H20N2O4S. The predicted octanol–water partition coefficient (Wildman–Crippen LogP) is 0.499. The fraction of sp³-hybridized carbons (Fsp3) is 0.900. The molecule has 0 N–H and O–H groups in total. The lowest BCUT2D eigenvalue weighted by atomic mass is 10.3. The van der Waals surface area contributed by atoms with E-state index in [2.05, 4.69) is 0 Å². The Morgan fingerprint density at radius 3 is 2.24 bits per heavy atom. The first-order valence-electron chi connectivity index (χ1n) is 5.75. The lowest BCUT2D eigenvalue weighted by Crippen LogP contribution is -2.50. The van der Waals surface area contributed by atoms with Crippen molar-refractivity contribution in [3.05, 3.63) is 0 Å². The Morgan fingerprint density at radius 1 is 1.29 bits per heavy atom. The van der Waals surface area contributed by atoms with Gasteiger partial charge in [-0.25, -0.2) is 13.2 Å². The second-order valence-corrected chi connectivity index (χ2v) is 6.23. The zero-order valence-corrected chi connectivity index (χ0v) is 11.4. The van der Waals surface area contributed by atoms with Crippen molar-refractivity contribution in [3.63, 3.8) is 0 Å². The van der Waals surface area contributed by atoms with Crippen LogP contribution in [0.25, 0.3) is 0 Å². The van der Waals surface area contributed by atoms with Crippen LogP contribution in [0, 0.1) is 0 Å². The Balaban J connectivity index is 2.44. The van der Waals surface area contributed by atoms with Gasteiger partial charge in [-0.05, 0) is 13.3 Å². The number of hydrogen-bond acceptors (Lipinski definition) is 4. The van der Waals surface area contributed by atoms with Crippen molar-refractivity contribution in [2.75, 3.05) is 32.4 Å². The minimum absolute atomic E-state index is 0.101. The highest BCUT2D eigenvalue weighted by Gasteiger charge is 2.27. The van der Waals surface area contributed by atoms with Crippen molar-refractivity contribution >= 4 is 16.1 Å². The molecule has 0 aromatic carbocycles. The number of ether oxygens (including phenoxy) is 1. The third-order valence-electron chi connectivity index (χ3n) is 2.84. The van der Waals surface area contributed by atoms with E-state index in [9.17, 15) is 13.2 Å². The largest absolute Gasteiger partial charge is 0.446 e. The van der Waals surface area contributed by atoms with E-state index in [0.717, 1.165) is 6.42 Å². The van der Waals surface area contributed by atoms with Crippen LogP contribution >= 0.6 is 0 Å². The topological polar surface area (TPSA) is 66.9 Å². The summed E-state index contributed by atoms with van der Waals surface area (Å²) >= 11 is 0. The monoisotopic (exact) mass is 264 g/mol. The molecule has 0 aromatic heterocycles. The zero-order valence-electron chi connectivity index (χ0n) is 10.5. The number of piperazine rings is 1. The van der Waals surface area contributed by atoms with E-state index in [1.54, 1.807) is 4.90 Å². The summed E-state index contributed by atoms with van der Waals surface area (Å²) in [5, 5.41) is 0. The van der Waals surface area contributed by atoms with Gasteiger partial charge in [-0.3, -0.25) is 0 Å². The van der Waals surface area contributed by atoms with Crippen LogP contribution in [-0.2, 0) is 14.8 Å². The molecule has 0 radical (unpaired) electrons. The number of amides is 1. The highest BCUT2D eigenvalue weighted by molar-refractivity contribution is 7.88. The minimum Gasteiger partial charge on any atom is -0.446 e. The summed E-state index contributed by atoms with van der Waals surface area (Å²) < 4.78 is 29.1. The minimum atomic E-state index is -3.15. The number of carbonyl (C=O) groups excluding carboxylic acids is 1. The SMILES string of the molecule is CCC(C)OC(=O)N1CCN(S(C)(=O)=O)CC1. The fourth-order valence-corrected chi connectivity index (χ4v) is 2.36. The Kier molecular flexibility index (Phi) is 4.76. The summed E-state index contributed by atoms with van der Waals surface area (Å²) in [4.78, 5) is 13.2. The molecule has 1 aliphatic heterocycles. The van der Waals surface area contributed by atoms with Crippen LogP contribution in [0.15, 0.2) is 0 Å². The normalized spacial score (nSPS) is 20.1. The summed E-state index contributed by atoms with van der Waals surface area (Å²) in [6, 6.07) is 0. The van der Waals surface area contributed by atoms with Gasteiger partial charge >= 0.3 is 6.09 Å². The van der Waals surface area contributed by atoms with Gasteiger partial charge in [0.05, 0.1) is 6.26 Å². The van der Waals surface area contributed by atoms with Gasteiger partial charge in [0.25, 0.3) is 0 Å². The molecule has 0 bridgehead atoms. The first-order chi connectivity index (χ1) is 7.84. The van der Waals surface area contributed by atoms with Crippen LogP contribution in [-0.4, -0.2) is 62.3 Å². The maximum Gasteiger partial charge on any atom is 0.410 e. The van der Waals surface area contributed by atoms with E-state index >= 15 is 0 Å². The van der Waals surface area contributed by atoms with Gasteiger partial charge in [0.2, 0.25) is 10.0 Å². The number of carbonyl (C=O) groups is 1. The molecule has 0 saturated carbocycles. The van der Waals surface area contributed by atoms with Crippen molar-refractivity contribution in [2.45, 2.75) is 26.4 Å². The van der Waals surface area contributed by atoms with Crippen LogP contribution in [0.4, 0.5) is 4.79 Å². The highest BCUT2D eigenvalue weighted by atomic mass is 32.2. The Labute approximate surface area is 103 Å². The molecule has 1 rings (SSSR count). The maximum absolute atomic E-state index is 11.7. The van der Waals surface area contributed by atoms with Crippen molar-refractivity contribution in [1.82, 2.24) is 9.21 Å². The van der Waals surface area contributed by atoms with Crippen molar-refractivity contribution < 1.29 is 17.9 Å². The van der Waals surface area contributed by atoms with Gasteiger partial charge in [-0.1, -0.05) is 6.92 Å². The van der Waals surface area contributed by atoms with E-state index in [1.807, 2.05) is 13.8 Å². The van der Waals surface area contributed by atoms with Gasteiger partial charge in [0.1, 0.15) is 6.10 Å². The number of sulfonamides is 1. The van der Waals surface area contributed by atoms with Gasteiger partial charge in [0.15, 0.2) is 0 Å². The molecule has 1 amide bonds. The molecule has 1 aliphatic rings. The maximum atomic E-state index is 11.7. The van der Waals surface area contributed by atoms with Crippen LogP contribution in [0.5, 0.6) is 0 Å². The molecule has 6 nitrogen and oxygen atoms in total. The lowest BCUT2D eigenvalue weighted by Gasteiger charge is -2.33. The average Bonchev–Trinajstić information content (AvgIpc) is 2.27. The van der Waals surface area contributed by atoms with Crippen LogP contribution < -0.4 is 0 Å². The van der Waals surface area contributed by atoms with E-state index in [0.29, 0.717) is 26.2 Å². The molecule has 17 heavy (non-hydrogen) atoms. The van der Waals surface area contributed by atoms with Gasteiger partial charge in [-0.2, -0.15) is 4.31 Å². The van der Waals surface area contributed by atoms with Gasteiger partial charge in [0, 0.05) is 26.2 Å². The van der Waals surface area contributed by atoms with E-state index in [1.165, 1.54) is 10.6 Å². The third-order valence-corrected chi connectivity index (χ3v) is 4.15. The molecule has 1 saturated heterocycles. The molecule has 0 spiro atoms. The molecule has 1 unspecified atom stereocenters. The highest BCUT2D eigenvalue weighted by Crippen LogP contribution is 2.08. The van der Waals surface area contributed by atoms with E-state index in [4.69, 9.17) is 4.74 Å². The predicted molar refractivity (Wildman–Crippen MR) is 64.2 cm³/mol. The Bertz CT molecular complexity index is 361. The lowest BCUT2D eigenvalue weighted by molar-refractivity contribution is 0.0593. The summed E-state index contributed by atoms with van der Waals surface area (Å²) in [6.45, 7) is 5.25. The fourth-order valence-electron chi connectivity index (χ4n) is 1.53. The van der Waals surface area contributed by atoms with Crippen LogP contribution in [0.1, 0.15) is 20.3 Å². The molecule has 1 atom stereocenters. The third kappa shape index (κ3) is 4.16. The molecule has 1 fully saturated rings. The number of nitrogens with zero attached hydrogens (tertiary/aromatic N) is 2. The number of rotatable bonds is 3. The average molecular weight is 264 g/mol.